The van der Waals surface area contributed by atoms with Crippen molar-refractivity contribution in [1.29, 1.82) is 0 Å². The van der Waals surface area contributed by atoms with Crippen LogP contribution in [-0.2, 0) is 39.9 Å². The van der Waals surface area contributed by atoms with E-state index in [-0.39, 0.29) is 18.4 Å². The monoisotopic (exact) mass is 595 g/mol. The second kappa shape index (κ2) is 11.0. The lowest BCUT2D eigenvalue weighted by Crippen LogP contribution is -2.52. The number of fused-ring (bicyclic) bond motifs is 4. The van der Waals surface area contributed by atoms with E-state index in [1.165, 1.54) is 12.1 Å². The minimum absolute atomic E-state index is 0.0279. The number of benzene rings is 2. The van der Waals surface area contributed by atoms with E-state index in [4.69, 9.17) is 4.98 Å². The van der Waals surface area contributed by atoms with E-state index in [0.717, 1.165) is 71.5 Å². The predicted molar refractivity (Wildman–Crippen MR) is 164 cm³/mol. The summed E-state index contributed by atoms with van der Waals surface area (Å²) >= 11 is 0. The highest BCUT2D eigenvalue weighted by atomic mass is 19.1. The van der Waals surface area contributed by atoms with Crippen LogP contribution in [0.4, 0.5) is 14.6 Å². The van der Waals surface area contributed by atoms with Crippen molar-refractivity contribution in [2.45, 2.75) is 69.4 Å². The van der Waals surface area contributed by atoms with Gasteiger partial charge in [0.15, 0.2) is 0 Å². The van der Waals surface area contributed by atoms with Crippen LogP contribution in [0.1, 0.15) is 66.8 Å². The molecule has 2 aromatic heterocycles. The summed E-state index contributed by atoms with van der Waals surface area (Å²) in [6.45, 7) is 3.24. The Balaban J connectivity index is 1.24. The molecule has 44 heavy (non-hydrogen) atoms. The number of amides is 2. The van der Waals surface area contributed by atoms with Crippen LogP contribution >= 0.6 is 0 Å². The molecule has 1 aliphatic carbocycles. The second-order valence-corrected chi connectivity index (χ2v) is 12.7. The largest absolute Gasteiger partial charge is 0.328 e. The van der Waals surface area contributed by atoms with Gasteiger partial charge in [0.1, 0.15) is 17.5 Å². The van der Waals surface area contributed by atoms with Gasteiger partial charge in [0.2, 0.25) is 11.8 Å². The summed E-state index contributed by atoms with van der Waals surface area (Å²) < 4.78 is 29.0. The number of nitrogens with zero attached hydrogens (tertiary/aromatic N) is 3. The highest BCUT2D eigenvalue weighted by molar-refractivity contribution is 6.06. The molecule has 2 atom stereocenters. The van der Waals surface area contributed by atoms with Crippen molar-refractivity contribution in [3.05, 3.63) is 100 Å². The highest BCUT2D eigenvalue weighted by Gasteiger charge is 2.51. The van der Waals surface area contributed by atoms with Gasteiger partial charge in [-0.1, -0.05) is 18.9 Å². The average Bonchev–Trinajstić information content (AvgIpc) is 3.50. The third-order valence-electron chi connectivity index (χ3n) is 9.72. The van der Waals surface area contributed by atoms with Crippen molar-refractivity contribution in [2.75, 3.05) is 18.4 Å². The van der Waals surface area contributed by atoms with Crippen molar-refractivity contribution < 1.29 is 18.4 Å². The van der Waals surface area contributed by atoms with Crippen LogP contribution in [0.25, 0.3) is 10.9 Å². The standard InChI is InChI=1S/C35H35F2N5O2/c1-34(26-14-27(36)16-28(37)15-26)21-38-9-5-3-2-4-8-31(43)42(34)20-22-11-23-12-24-17-35(18-25(24)13-30(23)40-19-22)29-7-6-10-39-32(29)41-33(35)44/h6-7,10-16,19,38H,2-5,8-9,17-18,20-21H2,1H3,(H,39,41,44). The molecule has 226 valence electrons. The minimum Gasteiger partial charge on any atom is -0.328 e. The lowest BCUT2D eigenvalue weighted by Gasteiger charge is -2.42. The molecule has 4 aromatic rings. The first-order chi connectivity index (χ1) is 21.2. The van der Waals surface area contributed by atoms with E-state index >= 15 is 0 Å². The maximum absolute atomic E-state index is 14.5. The SMILES string of the molecule is CC1(c2cc(F)cc(F)c2)CNCCCCCCC(=O)N1Cc1cnc2cc3c(cc2c1)CC1(C3)C(=O)Nc2ncccc21. The Bertz CT molecular complexity index is 1770. The molecule has 2 aromatic carbocycles. The molecule has 3 aliphatic rings. The van der Waals surface area contributed by atoms with Gasteiger partial charge in [0.25, 0.3) is 0 Å². The Kier molecular flexibility index (Phi) is 7.16. The van der Waals surface area contributed by atoms with E-state index in [0.29, 0.717) is 37.2 Å². The first-order valence-electron chi connectivity index (χ1n) is 15.4. The fourth-order valence-electron chi connectivity index (χ4n) is 7.32. The normalized spacial score (nSPS) is 23.8. The van der Waals surface area contributed by atoms with E-state index < -0.39 is 22.6 Å². The summed E-state index contributed by atoms with van der Waals surface area (Å²) in [5, 5.41) is 7.33. The van der Waals surface area contributed by atoms with Crippen LogP contribution in [0.2, 0.25) is 0 Å². The Morgan fingerprint density at radius 1 is 0.932 bits per heavy atom. The van der Waals surface area contributed by atoms with Crippen molar-refractivity contribution in [2.24, 2.45) is 0 Å². The molecule has 2 amide bonds. The molecule has 0 radical (unpaired) electrons. The van der Waals surface area contributed by atoms with Gasteiger partial charge in [-0.05, 0) is 97.8 Å². The van der Waals surface area contributed by atoms with Crippen molar-refractivity contribution in [3.8, 4) is 0 Å². The Morgan fingerprint density at radius 3 is 2.52 bits per heavy atom. The fourth-order valence-corrected chi connectivity index (χ4v) is 7.32. The quantitative estimate of drug-likeness (QED) is 0.318. The smallest absolute Gasteiger partial charge is 0.237 e. The molecular weight excluding hydrogens is 560 g/mol. The predicted octanol–water partition coefficient (Wildman–Crippen LogP) is 5.69. The Labute approximate surface area is 255 Å². The topological polar surface area (TPSA) is 87.2 Å². The van der Waals surface area contributed by atoms with Crippen LogP contribution in [0.3, 0.4) is 0 Å². The Hall–Kier alpha value is -4.24. The van der Waals surface area contributed by atoms with Crippen LogP contribution < -0.4 is 10.6 Å². The molecule has 1 saturated heterocycles. The zero-order valence-electron chi connectivity index (χ0n) is 24.8. The van der Waals surface area contributed by atoms with E-state index in [2.05, 4.69) is 27.8 Å². The first kappa shape index (κ1) is 28.5. The summed E-state index contributed by atoms with van der Waals surface area (Å²) in [7, 11) is 0. The number of hydrogen-bond acceptors (Lipinski definition) is 5. The van der Waals surface area contributed by atoms with Crippen molar-refractivity contribution in [3.63, 3.8) is 0 Å². The molecule has 7 rings (SSSR count). The molecule has 0 saturated carbocycles. The number of carbonyl (C=O) groups is 2. The number of pyridine rings is 2. The molecule has 0 bridgehead atoms. The zero-order chi connectivity index (χ0) is 30.5. The average molecular weight is 596 g/mol. The summed E-state index contributed by atoms with van der Waals surface area (Å²) in [4.78, 5) is 38.0. The van der Waals surface area contributed by atoms with Gasteiger partial charge in [-0.2, -0.15) is 0 Å². The Morgan fingerprint density at radius 2 is 1.70 bits per heavy atom. The van der Waals surface area contributed by atoms with Crippen molar-refractivity contribution in [1.82, 2.24) is 20.2 Å². The molecule has 9 heteroatoms. The second-order valence-electron chi connectivity index (χ2n) is 12.7. The molecule has 2 unspecified atom stereocenters. The third kappa shape index (κ3) is 4.93. The first-order valence-corrected chi connectivity index (χ1v) is 15.4. The number of anilines is 1. The van der Waals surface area contributed by atoms with Gasteiger partial charge in [-0.25, -0.2) is 13.8 Å². The zero-order valence-corrected chi connectivity index (χ0v) is 24.8. The van der Waals surface area contributed by atoms with Crippen LogP contribution in [0, 0.1) is 11.6 Å². The van der Waals surface area contributed by atoms with Gasteiger partial charge in [-0.15, -0.1) is 0 Å². The number of nitrogens with one attached hydrogen (secondary N) is 2. The maximum atomic E-state index is 14.5. The van der Waals surface area contributed by atoms with Gasteiger partial charge in [0, 0.05) is 48.9 Å². The third-order valence-corrected chi connectivity index (χ3v) is 9.72. The molecule has 1 spiro atoms. The van der Waals surface area contributed by atoms with E-state index in [1.807, 2.05) is 25.1 Å². The molecule has 2 N–H and O–H groups in total. The lowest BCUT2D eigenvalue weighted by molar-refractivity contribution is -0.138. The fraction of sp³-hybridized carbons (Fsp3) is 0.371. The van der Waals surface area contributed by atoms with Gasteiger partial charge < -0.3 is 15.5 Å². The summed E-state index contributed by atoms with van der Waals surface area (Å²) in [5.41, 5.74) is 3.50. The maximum Gasteiger partial charge on any atom is 0.237 e. The van der Waals surface area contributed by atoms with Gasteiger partial charge in [0.05, 0.1) is 16.5 Å². The summed E-state index contributed by atoms with van der Waals surface area (Å²) in [5.74, 6) is -0.796. The lowest BCUT2D eigenvalue weighted by atomic mass is 9.79. The number of aromatic nitrogens is 2. The van der Waals surface area contributed by atoms with E-state index in [1.54, 1.807) is 17.3 Å². The molecule has 7 nitrogen and oxygen atoms in total. The molecular formula is C35H35F2N5O2. The number of halogens is 2. The van der Waals surface area contributed by atoms with Gasteiger partial charge in [-0.3, -0.25) is 14.6 Å². The van der Waals surface area contributed by atoms with Crippen LogP contribution in [-0.4, -0.2) is 39.8 Å². The van der Waals surface area contributed by atoms with Crippen LogP contribution in [0.5, 0.6) is 0 Å². The molecule has 1 fully saturated rings. The molecule has 4 heterocycles. The molecule has 2 aliphatic heterocycles. The minimum atomic E-state index is -0.999. The number of rotatable bonds is 3. The number of carbonyl (C=O) groups excluding carboxylic acids is 2. The van der Waals surface area contributed by atoms with Gasteiger partial charge >= 0.3 is 0 Å². The van der Waals surface area contributed by atoms with Crippen molar-refractivity contribution >= 4 is 28.5 Å². The summed E-state index contributed by atoms with van der Waals surface area (Å²) in [6, 6.07) is 13.6. The number of hydrogen-bond donors (Lipinski definition) is 2. The van der Waals surface area contributed by atoms with Crippen LogP contribution in [0.15, 0.2) is 60.9 Å². The highest BCUT2D eigenvalue weighted by Crippen LogP contribution is 2.47. The summed E-state index contributed by atoms with van der Waals surface area (Å²) in [6.07, 6.45) is 8.71. The van der Waals surface area contributed by atoms with E-state index in [9.17, 15) is 18.4 Å².